The fourth-order valence-electron chi connectivity index (χ4n) is 2.12. The number of aromatic nitrogens is 2. The van der Waals surface area contributed by atoms with Crippen molar-refractivity contribution in [1.82, 2.24) is 9.78 Å². The SMILES string of the molecule is CCc1nn(C)c(NCC(C)(C)c2cccs2)c1N. The predicted molar refractivity (Wildman–Crippen MR) is 82.8 cm³/mol. The number of nitrogens with two attached hydrogens (primary N) is 1. The minimum Gasteiger partial charge on any atom is -0.394 e. The first-order valence-corrected chi connectivity index (χ1v) is 7.43. The molecular weight excluding hydrogens is 256 g/mol. The van der Waals surface area contributed by atoms with E-state index in [1.165, 1.54) is 4.88 Å². The number of nitrogens with one attached hydrogen (secondary N) is 1. The Bertz CT molecular complexity index is 540. The first-order chi connectivity index (χ1) is 8.95. The van der Waals surface area contributed by atoms with Crippen LogP contribution in [0.3, 0.4) is 0 Å². The second-order valence-electron chi connectivity index (χ2n) is 5.40. The summed E-state index contributed by atoms with van der Waals surface area (Å²) >= 11 is 1.79. The average molecular weight is 278 g/mol. The molecule has 0 saturated heterocycles. The smallest absolute Gasteiger partial charge is 0.147 e. The molecule has 0 unspecified atom stereocenters. The van der Waals surface area contributed by atoms with Crippen molar-refractivity contribution in [2.75, 3.05) is 17.6 Å². The van der Waals surface area contributed by atoms with Crippen molar-refractivity contribution in [1.29, 1.82) is 0 Å². The van der Waals surface area contributed by atoms with Crippen LogP contribution < -0.4 is 11.1 Å². The Hall–Kier alpha value is -1.49. The van der Waals surface area contributed by atoms with Crippen LogP contribution in [0.2, 0.25) is 0 Å². The van der Waals surface area contributed by atoms with Crippen molar-refractivity contribution in [3.8, 4) is 0 Å². The van der Waals surface area contributed by atoms with Gasteiger partial charge in [-0.2, -0.15) is 5.10 Å². The zero-order chi connectivity index (χ0) is 14.0. The number of nitrogens with zero attached hydrogens (tertiary/aromatic N) is 2. The van der Waals surface area contributed by atoms with Crippen LogP contribution in [0.1, 0.15) is 31.3 Å². The van der Waals surface area contributed by atoms with E-state index < -0.39 is 0 Å². The van der Waals surface area contributed by atoms with Gasteiger partial charge in [0.2, 0.25) is 0 Å². The van der Waals surface area contributed by atoms with E-state index in [-0.39, 0.29) is 5.41 Å². The topological polar surface area (TPSA) is 55.9 Å². The monoisotopic (exact) mass is 278 g/mol. The number of aryl methyl sites for hydroxylation is 2. The first-order valence-electron chi connectivity index (χ1n) is 6.55. The largest absolute Gasteiger partial charge is 0.394 e. The lowest BCUT2D eigenvalue weighted by Crippen LogP contribution is -2.27. The lowest BCUT2D eigenvalue weighted by molar-refractivity contribution is 0.565. The molecule has 2 heterocycles. The zero-order valence-corrected chi connectivity index (χ0v) is 12.8. The van der Waals surface area contributed by atoms with Crippen molar-refractivity contribution in [2.24, 2.45) is 7.05 Å². The highest BCUT2D eigenvalue weighted by molar-refractivity contribution is 7.10. The molecule has 0 aliphatic heterocycles. The normalized spacial score (nSPS) is 11.8. The summed E-state index contributed by atoms with van der Waals surface area (Å²) in [5, 5.41) is 9.99. The quantitative estimate of drug-likeness (QED) is 0.884. The molecule has 0 amide bonds. The number of hydrogen-bond acceptors (Lipinski definition) is 4. The molecule has 0 aromatic carbocycles. The van der Waals surface area contributed by atoms with Gasteiger partial charge in [-0.1, -0.05) is 26.8 Å². The summed E-state index contributed by atoms with van der Waals surface area (Å²) in [7, 11) is 1.93. The summed E-state index contributed by atoms with van der Waals surface area (Å²) in [6.07, 6.45) is 0.857. The predicted octanol–water partition coefficient (Wildman–Crippen LogP) is 3.02. The third-order valence-corrected chi connectivity index (χ3v) is 4.62. The van der Waals surface area contributed by atoms with Crippen LogP contribution >= 0.6 is 11.3 Å². The number of thiophene rings is 1. The van der Waals surface area contributed by atoms with Gasteiger partial charge in [0.25, 0.3) is 0 Å². The molecule has 104 valence electrons. The van der Waals surface area contributed by atoms with E-state index in [0.717, 1.165) is 30.2 Å². The molecule has 0 atom stereocenters. The molecule has 19 heavy (non-hydrogen) atoms. The van der Waals surface area contributed by atoms with E-state index in [1.807, 2.05) is 11.7 Å². The Labute approximate surface area is 118 Å². The van der Waals surface area contributed by atoms with Gasteiger partial charge >= 0.3 is 0 Å². The van der Waals surface area contributed by atoms with Gasteiger partial charge in [0.15, 0.2) is 0 Å². The molecule has 3 N–H and O–H groups in total. The van der Waals surface area contributed by atoms with Gasteiger partial charge in [-0.3, -0.25) is 4.68 Å². The molecule has 0 saturated carbocycles. The number of hydrogen-bond donors (Lipinski definition) is 2. The van der Waals surface area contributed by atoms with E-state index in [2.05, 4.69) is 48.7 Å². The Morgan fingerprint density at radius 2 is 2.21 bits per heavy atom. The first kappa shape index (κ1) is 13.9. The van der Waals surface area contributed by atoms with Gasteiger partial charge in [-0.15, -0.1) is 11.3 Å². The van der Waals surface area contributed by atoms with Crippen molar-refractivity contribution in [3.05, 3.63) is 28.1 Å². The van der Waals surface area contributed by atoms with Gasteiger partial charge in [0, 0.05) is 23.9 Å². The minimum atomic E-state index is 0.0806. The van der Waals surface area contributed by atoms with E-state index in [4.69, 9.17) is 5.73 Å². The lowest BCUT2D eigenvalue weighted by atomic mass is 9.91. The fourth-order valence-corrected chi connectivity index (χ4v) is 2.97. The van der Waals surface area contributed by atoms with Gasteiger partial charge < -0.3 is 11.1 Å². The summed E-state index contributed by atoms with van der Waals surface area (Å²) in [6.45, 7) is 7.37. The Balaban J connectivity index is 2.13. The van der Waals surface area contributed by atoms with Crippen molar-refractivity contribution in [3.63, 3.8) is 0 Å². The summed E-state index contributed by atoms with van der Waals surface area (Å²) in [5.41, 5.74) is 7.93. The van der Waals surface area contributed by atoms with E-state index in [0.29, 0.717) is 0 Å². The van der Waals surface area contributed by atoms with Crippen LogP contribution in [0.4, 0.5) is 11.5 Å². The molecule has 0 fully saturated rings. The maximum Gasteiger partial charge on any atom is 0.147 e. The maximum atomic E-state index is 6.12. The molecule has 2 aromatic heterocycles. The van der Waals surface area contributed by atoms with E-state index in [9.17, 15) is 0 Å². The third kappa shape index (κ3) is 2.76. The van der Waals surface area contributed by atoms with Gasteiger partial charge in [0.1, 0.15) is 5.82 Å². The average Bonchev–Trinajstić information content (AvgIpc) is 2.97. The third-order valence-electron chi connectivity index (χ3n) is 3.38. The summed E-state index contributed by atoms with van der Waals surface area (Å²) < 4.78 is 1.83. The second kappa shape index (κ2) is 5.25. The number of anilines is 2. The van der Waals surface area contributed by atoms with Crippen molar-refractivity contribution < 1.29 is 0 Å². The van der Waals surface area contributed by atoms with Crippen LogP contribution in [-0.2, 0) is 18.9 Å². The molecule has 0 bridgehead atoms. The highest BCUT2D eigenvalue weighted by atomic mass is 32.1. The maximum absolute atomic E-state index is 6.12. The molecule has 0 radical (unpaired) electrons. The molecule has 2 rings (SSSR count). The van der Waals surface area contributed by atoms with Crippen LogP contribution in [0, 0.1) is 0 Å². The highest BCUT2D eigenvalue weighted by Crippen LogP contribution is 2.29. The Kier molecular flexibility index (Phi) is 3.85. The van der Waals surface area contributed by atoms with Crippen LogP contribution in [0.15, 0.2) is 17.5 Å². The van der Waals surface area contributed by atoms with Crippen molar-refractivity contribution >= 4 is 22.8 Å². The summed E-state index contributed by atoms with van der Waals surface area (Å²) in [4.78, 5) is 1.37. The molecule has 4 nitrogen and oxygen atoms in total. The molecule has 0 aliphatic carbocycles. The van der Waals surface area contributed by atoms with Gasteiger partial charge in [0.05, 0.1) is 11.4 Å². The molecule has 0 aliphatic rings. The zero-order valence-electron chi connectivity index (χ0n) is 12.0. The van der Waals surface area contributed by atoms with E-state index >= 15 is 0 Å². The summed E-state index contributed by atoms with van der Waals surface area (Å²) in [6, 6.07) is 4.27. The fraction of sp³-hybridized carbons (Fsp3) is 0.500. The molecule has 0 spiro atoms. The number of rotatable bonds is 5. The molecule has 5 heteroatoms. The molecule has 2 aromatic rings. The Morgan fingerprint density at radius 3 is 2.74 bits per heavy atom. The molecular formula is C14H22N4S. The number of nitrogen functional groups attached to an aromatic ring is 1. The van der Waals surface area contributed by atoms with Crippen LogP contribution in [0.5, 0.6) is 0 Å². The van der Waals surface area contributed by atoms with Gasteiger partial charge in [-0.25, -0.2) is 0 Å². The van der Waals surface area contributed by atoms with Crippen LogP contribution in [0.25, 0.3) is 0 Å². The Morgan fingerprint density at radius 1 is 1.47 bits per heavy atom. The highest BCUT2D eigenvalue weighted by Gasteiger charge is 2.23. The van der Waals surface area contributed by atoms with E-state index in [1.54, 1.807) is 11.3 Å². The standard InChI is InChI=1S/C14H22N4S/c1-5-10-12(15)13(18(4)17-10)16-9-14(2,3)11-7-6-8-19-11/h6-8,16H,5,9,15H2,1-4H3. The summed E-state index contributed by atoms with van der Waals surface area (Å²) in [5.74, 6) is 0.918. The van der Waals surface area contributed by atoms with Crippen LogP contribution in [-0.4, -0.2) is 16.3 Å². The second-order valence-corrected chi connectivity index (χ2v) is 6.35. The minimum absolute atomic E-state index is 0.0806. The van der Waals surface area contributed by atoms with Gasteiger partial charge in [-0.05, 0) is 17.9 Å². The lowest BCUT2D eigenvalue weighted by Gasteiger charge is -2.24. The van der Waals surface area contributed by atoms with Crippen molar-refractivity contribution in [2.45, 2.75) is 32.6 Å².